The first kappa shape index (κ1) is 41.9. The van der Waals surface area contributed by atoms with Crippen LogP contribution in [0, 0.1) is 0 Å². The van der Waals surface area contributed by atoms with Crippen molar-refractivity contribution < 1.29 is 123 Å². The lowest BCUT2D eigenvalue weighted by atomic mass is 9.91. The summed E-state index contributed by atoms with van der Waals surface area (Å²) in [6.07, 6.45) is -11.7. The Morgan fingerprint density at radius 2 is 0.879 bits per heavy atom. The van der Waals surface area contributed by atoms with Crippen LogP contribution in [0.25, 0.3) is 33.1 Å². The van der Waals surface area contributed by atoms with E-state index in [1.165, 1.54) is 0 Å². The summed E-state index contributed by atoms with van der Waals surface area (Å²) in [5.74, 6) is -23.6. The number of fused-ring (bicyclic) bond motifs is 3. The van der Waals surface area contributed by atoms with Crippen molar-refractivity contribution in [3.8, 4) is 85.9 Å². The number of furan rings is 1. The predicted molar refractivity (Wildman–Crippen MR) is 206 cm³/mol. The highest BCUT2D eigenvalue weighted by atomic mass is 16.7. The molecule has 1 fully saturated rings. The van der Waals surface area contributed by atoms with Crippen molar-refractivity contribution in [2.45, 2.75) is 30.7 Å². The molecule has 5 aromatic carbocycles. The fourth-order valence-corrected chi connectivity index (χ4v) is 7.71. The van der Waals surface area contributed by atoms with E-state index in [2.05, 4.69) is 0 Å². The fourth-order valence-electron chi connectivity index (χ4n) is 7.71. The number of phenols is 13. The Morgan fingerprint density at radius 1 is 0.470 bits per heavy atom. The Hall–Kier alpha value is -9.39. The first-order valence-electron chi connectivity index (χ1n) is 18.5. The van der Waals surface area contributed by atoms with Gasteiger partial charge in [-0.05, 0) is 36.4 Å². The van der Waals surface area contributed by atoms with Crippen LogP contribution in [-0.2, 0) is 28.4 Å². The molecule has 5 atom stereocenters. The predicted octanol–water partition coefficient (Wildman–Crippen LogP) is 2.47. The van der Waals surface area contributed by atoms with Gasteiger partial charge in [-0.2, -0.15) is 0 Å². The van der Waals surface area contributed by atoms with E-state index < -0.39 is 203 Å². The molecule has 0 unspecified atom stereocenters. The molecule has 66 heavy (non-hydrogen) atoms. The molecule has 25 nitrogen and oxygen atoms in total. The second-order valence-electron chi connectivity index (χ2n) is 14.6. The molecule has 1 aromatic heterocycles. The van der Waals surface area contributed by atoms with Gasteiger partial charge in [0.2, 0.25) is 35.4 Å². The molecule has 6 aromatic rings. The van der Waals surface area contributed by atoms with Crippen LogP contribution in [0.5, 0.6) is 74.7 Å². The smallest absolute Gasteiger partial charge is 0.340 e. The minimum Gasteiger partial charge on any atom is -0.504 e. The summed E-state index contributed by atoms with van der Waals surface area (Å²) in [5, 5.41) is 136. The third-order valence-corrected chi connectivity index (χ3v) is 10.8. The molecule has 0 saturated carbocycles. The van der Waals surface area contributed by atoms with Crippen molar-refractivity contribution in [2.24, 2.45) is 0 Å². The maximum Gasteiger partial charge on any atom is 0.340 e. The molecule has 4 heterocycles. The van der Waals surface area contributed by atoms with Crippen LogP contribution < -0.4 is 0 Å². The van der Waals surface area contributed by atoms with Crippen LogP contribution in [0.3, 0.4) is 0 Å². The third kappa shape index (κ3) is 6.16. The molecular formula is C41H26O25. The maximum atomic E-state index is 14.6. The summed E-state index contributed by atoms with van der Waals surface area (Å²) in [5.41, 5.74) is -8.06. The summed E-state index contributed by atoms with van der Waals surface area (Å²) >= 11 is 0. The fraction of sp³-hybridized carbons (Fsp3) is 0.146. The first-order valence-corrected chi connectivity index (χ1v) is 18.5. The number of cyclic esters (lactones) is 1. The van der Waals surface area contributed by atoms with Gasteiger partial charge >= 0.3 is 29.8 Å². The van der Waals surface area contributed by atoms with Gasteiger partial charge in [0.25, 0.3) is 0 Å². The van der Waals surface area contributed by atoms with E-state index in [-0.39, 0.29) is 0 Å². The average Bonchev–Trinajstić information content (AvgIpc) is 3.67. The van der Waals surface area contributed by atoms with Crippen LogP contribution in [0.15, 0.2) is 40.8 Å². The zero-order valence-electron chi connectivity index (χ0n) is 32.3. The van der Waals surface area contributed by atoms with E-state index in [1.807, 2.05) is 0 Å². The van der Waals surface area contributed by atoms with Crippen molar-refractivity contribution in [2.75, 3.05) is 6.61 Å². The zero-order valence-corrected chi connectivity index (χ0v) is 32.3. The van der Waals surface area contributed by atoms with Crippen molar-refractivity contribution in [1.82, 2.24) is 0 Å². The normalized spacial score (nSPS) is 20.4. The lowest BCUT2D eigenvalue weighted by Gasteiger charge is -2.44. The molecule has 0 aliphatic carbocycles. The van der Waals surface area contributed by atoms with E-state index >= 15 is 0 Å². The molecule has 9 rings (SSSR count). The Balaban J connectivity index is 1.30. The standard InChI is InChI=1S/C41H26O25/c42-13-1-8(2-14(43)24(13)48)36(55)66-41-35-34-31(63-39(58)11-5-17(46)27(51)32-22(11)23-12(40(59)65-35)6-18(47)28(52)33(23)62-32)19(61-41)7-60-37(56)9-3-15(44)25(49)29(53)20(9)21-10(38(57)64-34)4-16(45)26(50)30(21)54/h1-6,19,31,34-35,41-54H,7H2/t19-,31+,34+,35+,41-/m0/s1. The van der Waals surface area contributed by atoms with Gasteiger partial charge in [0, 0.05) is 21.9 Å². The topological polar surface area (TPSA) is 417 Å². The highest BCUT2D eigenvalue weighted by Gasteiger charge is 2.56. The van der Waals surface area contributed by atoms with Crippen molar-refractivity contribution >= 4 is 51.8 Å². The minimum absolute atomic E-state index is 0.414. The molecule has 3 aliphatic heterocycles. The Labute approximate surface area is 362 Å². The van der Waals surface area contributed by atoms with Crippen molar-refractivity contribution in [3.05, 3.63) is 64.2 Å². The number of ether oxygens (including phenoxy) is 6. The van der Waals surface area contributed by atoms with Gasteiger partial charge in [-0.3, -0.25) is 0 Å². The number of aromatic hydroxyl groups is 13. The first-order chi connectivity index (χ1) is 31.2. The van der Waals surface area contributed by atoms with Crippen LogP contribution in [0.2, 0.25) is 0 Å². The molecular weight excluding hydrogens is 892 g/mol. The Bertz CT molecular complexity index is 3180. The average molecular weight is 919 g/mol. The molecule has 13 N–H and O–H groups in total. The van der Waals surface area contributed by atoms with Crippen LogP contribution in [-0.4, -0.2) is 134 Å². The summed E-state index contributed by atoms with van der Waals surface area (Å²) < 4.78 is 39.7. The lowest BCUT2D eigenvalue weighted by molar-refractivity contribution is -0.282. The number of carbonyl (C=O) groups excluding carboxylic acids is 5. The molecule has 0 radical (unpaired) electrons. The highest BCUT2D eigenvalue weighted by molar-refractivity contribution is 6.23. The number of benzene rings is 5. The molecule has 4 bridgehead atoms. The van der Waals surface area contributed by atoms with Crippen LogP contribution in [0.4, 0.5) is 0 Å². The lowest BCUT2D eigenvalue weighted by Crippen LogP contribution is -2.63. The van der Waals surface area contributed by atoms with Gasteiger partial charge in [0.15, 0.2) is 75.1 Å². The number of hydrogen-bond acceptors (Lipinski definition) is 25. The van der Waals surface area contributed by atoms with Gasteiger partial charge < -0.3 is 99.2 Å². The van der Waals surface area contributed by atoms with E-state index in [1.54, 1.807) is 0 Å². The summed E-state index contributed by atoms with van der Waals surface area (Å²) in [6, 6.07) is 3.32. The van der Waals surface area contributed by atoms with E-state index in [9.17, 15) is 90.4 Å². The van der Waals surface area contributed by atoms with E-state index in [0.29, 0.717) is 36.4 Å². The van der Waals surface area contributed by atoms with E-state index in [0.717, 1.165) is 0 Å². The molecule has 3 aliphatic rings. The van der Waals surface area contributed by atoms with Gasteiger partial charge in [-0.15, -0.1) is 0 Å². The van der Waals surface area contributed by atoms with Gasteiger partial charge in [0.05, 0.1) is 27.8 Å². The van der Waals surface area contributed by atoms with Gasteiger partial charge in [-0.25, -0.2) is 24.0 Å². The molecule has 340 valence electrons. The summed E-state index contributed by atoms with van der Waals surface area (Å²) in [7, 11) is 0. The number of esters is 5. The quantitative estimate of drug-likeness (QED) is 0.0674. The summed E-state index contributed by atoms with van der Waals surface area (Å²) in [4.78, 5) is 71.2. The molecule has 25 heteroatoms. The van der Waals surface area contributed by atoms with Crippen LogP contribution >= 0.6 is 0 Å². The zero-order chi connectivity index (χ0) is 47.5. The van der Waals surface area contributed by atoms with Crippen molar-refractivity contribution in [3.63, 3.8) is 0 Å². The number of rotatable bonds is 2. The van der Waals surface area contributed by atoms with Gasteiger partial charge in [0.1, 0.15) is 12.7 Å². The second-order valence-corrected chi connectivity index (χ2v) is 14.6. The number of hydrogen-bond donors (Lipinski definition) is 13. The molecule has 0 amide bonds. The highest BCUT2D eigenvalue weighted by Crippen LogP contribution is 2.54. The third-order valence-electron chi connectivity index (χ3n) is 10.8. The second kappa shape index (κ2) is 14.6. The number of carbonyl (C=O) groups is 5. The monoisotopic (exact) mass is 918 g/mol. The maximum absolute atomic E-state index is 14.6. The SMILES string of the molecule is O=C(O[C@@H]1O[C@H]2COC(=O)c3cc(O)c(O)c(O)c3-c3c(cc(O)c(O)c3O)C(=O)O[C@H]3[C@H]1OC(=O)c1cc(O)c(O)c4oc5c(O)c(O)cc(c5c14)C(=O)O[C@@H]32)c1cc(O)c(O)c(O)c1. The van der Waals surface area contributed by atoms with Gasteiger partial charge in [-0.1, -0.05) is 0 Å². The summed E-state index contributed by atoms with van der Waals surface area (Å²) in [6.45, 7) is -1.21. The largest absolute Gasteiger partial charge is 0.504 e. The van der Waals surface area contributed by atoms with Crippen molar-refractivity contribution in [1.29, 1.82) is 0 Å². The molecule has 0 spiro atoms. The number of phenolic OH excluding ortho intramolecular Hbond substituents is 13. The Kier molecular flexibility index (Phi) is 9.27. The van der Waals surface area contributed by atoms with Crippen LogP contribution in [0.1, 0.15) is 51.8 Å². The van der Waals surface area contributed by atoms with E-state index in [4.69, 9.17) is 32.8 Å². The Morgan fingerprint density at radius 3 is 1.39 bits per heavy atom. The minimum atomic E-state index is -2.46. The molecule has 1 saturated heterocycles.